The summed E-state index contributed by atoms with van der Waals surface area (Å²) in [4.78, 5) is 14.6. The minimum absolute atomic E-state index is 0.0729. The van der Waals surface area contributed by atoms with Gasteiger partial charge in [0.1, 0.15) is 5.75 Å². The molecule has 1 amide bonds. The predicted octanol–water partition coefficient (Wildman–Crippen LogP) is 3.03. The molecular formula is C18H25NO3. The molecule has 4 heteroatoms. The molecule has 0 radical (unpaired) electrons. The summed E-state index contributed by atoms with van der Waals surface area (Å²) in [6, 6.07) is 7.92. The van der Waals surface area contributed by atoms with E-state index in [4.69, 9.17) is 9.47 Å². The molecule has 120 valence electrons. The molecule has 0 N–H and O–H groups in total. The standard InChI is InChI=1S/C18H25NO3/c1-3-10-19(18(20)16-8-11-21-12-9-16)14-15-6-5-7-17(13-15)22-4-2/h3,5-7,13,16H,1,4,8-12,14H2,2H3. The minimum atomic E-state index is 0.0729. The second-order valence-electron chi connectivity index (χ2n) is 5.47. The third-order valence-corrected chi connectivity index (χ3v) is 3.81. The van der Waals surface area contributed by atoms with E-state index in [2.05, 4.69) is 6.58 Å². The highest BCUT2D eigenvalue weighted by Crippen LogP contribution is 2.20. The Morgan fingerprint density at radius 1 is 1.45 bits per heavy atom. The first-order valence-electron chi connectivity index (χ1n) is 7.93. The molecule has 0 saturated carbocycles. The maximum atomic E-state index is 12.7. The van der Waals surface area contributed by atoms with Gasteiger partial charge in [-0.05, 0) is 37.5 Å². The van der Waals surface area contributed by atoms with Crippen LogP contribution in [0.5, 0.6) is 5.75 Å². The molecule has 1 aliphatic heterocycles. The zero-order valence-electron chi connectivity index (χ0n) is 13.3. The molecule has 4 nitrogen and oxygen atoms in total. The summed E-state index contributed by atoms with van der Waals surface area (Å²) in [5.41, 5.74) is 1.08. The number of ether oxygens (including phenoxy) is 2. The van der Waals surface area contributed by atoms with Gasteiger partial charge in [0.05, 0.1) is 6.61 Å². The molecule has 0 aliphatic carbocycles. The molecule has 0 spiro atoms. The van der Waals surface area contributed by atoms with Gasteiger partial charge < -0.3 is 14.4 Å². The van der Waals surface area contributed by atoms with Crippen LogP contribution in [0.3, 0.4) is 0 Å². The van der Waals surface area contributed by atoms with Crippen molar-refractivity contribution in [1.29, 1.82) is 0 Å². The zero-order chi connectivity index (χ0) is 15.8. The fourth-order valence-electron chi connectivity index (χ4n) is 2.71. The Kier molecular flexibility index (Phi) is 6.46. The Morgan fingerprint density at radius 3 is 2.91 bits per heavy atom. The molecule has 1 heterocycles. The predicted molar refractivity (Wildman–Crippen MR) is 86.8 cm³/mol. The van der Waals surface area contributed by atoms with Crippen LogP contribution in [0.25, 0.3) is 0 Å². The second kappa shape index (κ2) is 8.59. The topological polar surface area (TPSA) is 38.8 Å². The van der Waals surface area contributed by atoms with Gasteiger partial charge >= 0.3 is 0 Å². The lowest BCUT2D eigenvalue weighted by atomic mass is 9.98. The van der Waals surface area contributed by atoms with Gasteiger partial charge in [-0.25, -0.2) is 0 Å². The van der Waals surface area contributed by atoms with E-state index in [1.807, 2.05) is 36.1 Å². The normalized spacial score (nSPS) is 15.3. The highest BCUT2D eigenvalue weighted by Gasteiger charge is 2.25. The van der Waals surface area contributed by atoms with Crippen molar-refractivity contribution in [2.45, 2.75) is 26.3 Å². The highest BCUT2D eigenvalue weighted by atomic mass is 16.5. The van der Waals surface area contributed by atoms with E-state index >= 15 is 0 Å². The van der Waals surface area contributed by atoms with Crippen molar-refractivity contribution >= 4 is 5.91 Å². The van der Waals surface area contributed by atoms with Crippen LogP contribution < -0.4 is 4.74 Å². The lowest BCUT2D eigenvalue weighted by Gasteiger charge is -2.28. The first-order valence-corrected chi connectivity index (χ1v) is 7.93. The maximum absolute atomic E-state index is 12.7. The molecule has 1 aromatic carbocycles. The molecule has 1 aliphatic rings. The van der Waals surface area contributed by atoms with Crippen molar-refractivity contribution in [2.24, 2.45) is 5.92 Å². The average molecular weight is 303 g/mol. The number of hydrogen-bond acceptors (Lipinski definition) is 3. The number of hydrogen-bond donors (Lipinski definition) is 0. The van der Waals surface area contributed by atoms with E-state index in [-0.39, 0.29) is 11.8 Å². The summed E-state index contributed by atoms with van der Waals surface area (Å²) in [5.74, 6) is 1.12. The van der Waals surface area contributed by atoms with Gasteiger partial charge in [-0.1, -0.05) is 18.2 Å². The SMILES string of the molecule is C=CCN(Cc1cccc(OCC)c1)C(=O)C1CCOCC1. The fourth-order valence-corrected chi connectivity index (χ4v) is 2.71. The van der Waals surface area contributed by atoms with Crippen LogP contribution in [0.1, 0.15) is 25.3 Å². The monoisotopic (exact) mass is 303 g/mol. The van der Waals surface area contributed by atoms with Crippen molar-refractivity contribution in [3.8, 4) is 5.75 Å². The number of benzene rings is 1. The first kappa shape index (κ1) is 16.6. The Labute approximate surface area is 132 Å². The van der Waals surface area contributed by atoms with Gasteiger partial charge in [0, 0.05) is 32.2 Å². The number of carbonyl (C=O) groups excluding carboxylic acids is 1. The summed E-state index contributed by atoms with van der Waals surface area (Å²) in [7, 11) is 0. The number of amides is 1. The molecule has 0 aromatic heterocycles. The van der Waals surface area contributed by atoms with Crippen LogP contribution in [0, 0.1) is 5.92 Å². The van der Waals surface area contributed by atoms with E-state index in [0.29, 0.717) is 32.9 Å². The van der Waals surface area contributed by atoms with Gasteiger partial charge in [-0.2, -0.15) is 0 Å². The Hall–Kier alpha value is -1.81. The smallest absolute Gasteiger partial charge is 0.226 e. The molecule has 1 fully saturated rings. The Bertz CT molecular complexity index is 495. The summed E-state index contributed by atoms with van der Waals surface area (Å²) in [6.07, 6.45) is 3.40. The summed E-state index contributed by atoms with van der Waals surface area (Å²) in [5, 5.41) is 0. The fraction of sp³-hybridized carbons (Fsp3) is 0.500. The molecule has 1 saturated heterocycles. The molecule has 0 atom stereocenters. The van der Waals surface area contributed by atoms with E-state index in [9.17, 15) is 4.79 Å². The van der Waals surface area contributed by atoms with Gasteiger partial charge in [0.2, 0.25) is 5.91 Å². The molecule has 1 aromatic rings. The van der Waals surface area contributed by atoms with Crippen LogP contribution in [-0.4, -0.2) is 37.2 Å². The third kappa shape index (κ3) is 4.60. The maximum Gasteiger partial charge on any atom is 0.226 e. The Balaban J connectivity index is 2.05. The van der Waals surface area contributed by atoms with E-state index in [1.54, 1.807) is 6.08 Å². The first-order chi connectivity index (χ1) is 10.7. The quantitative estimate of drug-likeness (QED) is 0.727. The second-order valence-corrected chi connectivity index (χ2v) is 5.47. The molecular weight excluding hydrogens is 278 g/mol. The summed E-state index contributed by atoms with van der Waals surface area (Å²) < 4.78 is 10.9. The van der Waals surface area contributed by atoms with E-state index in [1.165, 1.54) is 0 Å². The summed E-state index contributed by atoms with van der Waals surface area (Å²) >= 11 is 0. The lowest BCUT2D eigenvalue weighted by molar-refractivity contribution is -0.138. The number of rotatable bonds is 7. The van der Waals surface area contributed by atoms with Crippen molar-refractivity contribution < 1.29 is 14.3 Å². The van der Waals surface area contributed by atoms with Gasteiger partial charge in [-0.15, -0.1) is 6.58 Å². The molecule has 22 heavy (non-hydrogen) atoms. The van der Waals surface area contributed by atoms with Crippen LogP contribution in [-0.2, 0) is 16.1 Å². The minimum Gasteiger partial charge on any atom is -0.494 e. The molecule has 2 rings (SSSR count). The average Bonchev–Trinajstić information content (AvgIpc) is 2.55. The zero-order valence-corrected chi connectivity index (χ0v) is 13.3. The van der Waals surface area contributed by atoms with Gasteiger partial charge in [0.15, 0.2) is 0 Å². The van der Waals surface area contributed by atoms with Crippen molar-refractivity contribution in [3.63, 3.8) is 0 Å². The van der Waals surface area contributed by atoms with Crippen molar-refractivity contribution in [3.05, 3.63) is 42.5 Å². The largest absolute Gasteiger partial charge is 0.494 e. The number of carbonyl (C=O) groups is 1. The van der Waals surface area contributed by atoms with Crippen LogP contribution in [0.2, 0.25) is 0 Å². The van der Waals surface area contributed by atoms with Crippen molar-refractivity contribution in [1.82, 2.24) is 4.90 Å². The van der Waals surface area contributed by atoms with Crippen LogP contribution >= 0.6 is 0 Å². The lowest BCUT2D eigenvalue weighted by Crippen LogP contribution is -2.38. The van der Waals surface area contributed by atoms with E-state index < -0.39 is 0 Å². The van der Waals surface area contributed by atoms with Gasteiger partial charge in [0.25, 0.3) is 0 Å². The highest BCUT2D eigenvalue weighted by molar-refractivity contribution is 5.79. The summed E-state index contributed by atoms with van der Waals surface area (Å²) in [6.45, 7) is 8.89. The van der Waals surface area contributed by atoms with Crippen LogP contribution in [0.4, 0.5) is 0 Å². The molecule has 0 unspecified atom stereocenters. The Morgan fingerprint density at radius 2 is 2.23 bits per heavy atom. The molecule has 0 bridgehead atoms. The van der Waals surface area contributed by atoms with Crippen molar-refractivity contribution in [2.75, 3.05) is 26.4 Å². The van der Waals surface area contributed by atoms with Gasteiger partial charge in [-0.3, -0.25) is 4.79 Å². The third-order valence-electron chi connectivity index (χ3n) is 3.81. The van der Waals surface area contributed by atoms with Crippen LogP contribution in [0.15, 0.2) is 36.9 Å². The number of nitrogens with zero attached hydrogens (tertiary/aromatic N) is 1. The van der Waals surface area contributed by atoms with E-state index in [0.717, 1.165) is 24.2 Å².